The molecular formula is C22H32N4O3. The summed E-state index contributed by atoms with van der Waals surface area (Å²) in [6.07, 6.45) is 9.80. The van der Waals surface area contributed by atoms with Gasteiger partial charge in [-0.15, -0.1) is 0 Å². The predicted octanol–water partition coefficient (Wildman–Crippen LogP) is 4.43. The molecule has 0 spiro atoms. The molecule has 1 aromatic rings. The molecule has 3 aliphatic rings. The minimum Gasteiger partial charge on any atom is -0.507 e. The van der Waals surface area contributed by atoms with E-state index in [4.69, 9.17) is 5.73 Å². The van der Waals surface area contributed by atoms with Gasteiger partial charge in [-0.05, 0) is 37.8 Å². The monoisotopic (exact) mass is 400 g/mol. The van der Waals surface area contributed by atoms with Crippen molar-refractivity contribution >= 4 is 17.7 Å². The van der Waals surface area contributed by atoms with Gasteiger partial charge in [0, 0.05) is 36.4 Å². The van der Waals surface area contributed by atoms with Crippen molar-refractivity contribution < 1.29 is 14.7 Å². The second-order valence-electron chi connectivity index (χ2n) is 8.71. The van der Waals surface area contributed by atoms with E-state index in [-0.39, 0.29) is 29.9 Å². The standard InChI is InChI=1S/C22H32N4O3/c1-24-21(28)25(16-8-4-2-5-9-16)20(18-13-12-15(23)14-19(18)27)26(22(24)29)17-10-6-3-7-11-17/h12-14,16-17,20,27H,2-11,23H2,1H3. The van der Waals surface area contributed by atoms with Gasteiger partial charge in [-0.2, -0.15) is 0 Å². The normalized spacial score (nSPS) is 23.1. The Morgan fingerprint density at radius 1 is 0.862 bits per heavy atom. The van der Waals surface area contributed by atoms with Gasteiger partial charge in [-0.3, -0.25) is 9.80 Å². The van der Waals surface area contributed by atoms with Crippen molar-refractivity contribution in [2.45, 2.75) is 82.5 Å². The third kappa shape index (κ3) is 3.63. The van der Waals surface area contributed by atoms with Crippen LogP contribution in [-0.2, 0) is 0 Å². The van der Waals surface area contributed by atoms with Crippen molar-refractivity contribution in [3.8, 4) is 5.75 Å². The van der Waals surface area contributed by atoms with Crippen LogP contribution in [0.5, 0.6) is 5.75 Å². The van der Waals surface area contributed by atoms with Crippen LogP contribution in [0.4, 0.5) is 15.3 Å². The number of nitrogens with zero attached hydrogens (tertiary/aromatic N) is 3. The summed E-state index contributed by atoms with van der Waals surface area (Å²) in [5, 5.41) is 10.7. The van der Waals surface area contributed by atoms with Gasteiger partial charge in [0.15, 0.2) is 0 Å². The third-order valence-corrected chi connectivity index (χ3v) is 6.81. The first-order valence-corrected chi connectivity index (χ1v) is 11.0. The summed E-state index contributed by atoms with van der Waals surface area (Å²) in [7, 11) is 1.58. The maximum atomic E-state index is 13.3. The summed E-state index contributed by atoms with van der Waals surface area (Å²) in [5.74, 6) is 0.0433. The number of hydrogen-bond donors (Lipinski definition) is 2. The molecule has 4 rings (SSSR count). The number of carbonyl (C=O) groups is 2. The molecule has 158 valence electrons. The van der Waals surface area contributed by atoms with Crippen LogP contribution in [0.2, 0.25) is 0 Å². The zero-order valence-corrected chi connectivity index (χ0v) is 17.2. The van der Waals surface area contributed by atoms with Crippen LogP contribution in [0.1, 0.15) is 75.9 Å². The van der Waals surface area contributed by atoms with E-state index in [2.05, 4.69) is 0 Å². The van der Waals surface area contributed by atoms with E-state index in [1.807, 2.05) is 9.80 Å². The maximum absolute atomic E-state index is 13.3. The van der Waals surface area contributed by atoms with Crippen LogP contribution in [0.15, 0.2) is 18.2 Å². The van der Waals surface area contributed by atoms with Crippen molar-refractivity contribution in [2.24, 2.45) is 0 Å². The number of anilines is 1. The first-order valence-electron chi connectivity index (χ1n) is 11.0. The molecule has 0 unspecified atom stereocenters. The van der Waals surface area contributed by atoms with Crippen LogP contribution in [-0.4, -0.2) is 51.0 Å². The number of benzene rings is 1. The number of phenolic OH excluding ortho intramolecular Hbond substituents is 1. The highest BCUT2D eigenvalue weighted by molar-refractivity contribution is 5.96. The Morgan fingerprint density at radius 3 is 1.79 bits per heavy atom. The van der Waals surface area contributed by atoms with Gasteiger partial charge in [0.2, 0.25) is 0 Å². The molecule has 2 saturated carbocycles. The van der Waals surface area contributed by atoms with E-state index < -0.39 is 6.17 Å². The second-order valence-corrected chi connectivity index (χ2v) is 8.71. The average Bonchev–Trinajstić information content (AvgIpc) is 2.73. The number of aromatic hydroxyl groups is 1. The number of hydrogen-bond acceptors (Lipinski definition) is 4. The quantitative estimate of drug-likeness (QED) is 0.735. The molecule has 0 aromatic heterocycles. The van der Waals surface area contributed by atoms with Crippen molar-refractivity contribution in [1.29, 1.82) is 0 Å². The lowest BCUT2D eigenvalue weighted by Crippen LogP contribution is -2.65. The Balaban J connectivity index is 1.81. The lowest BCUT2D eigenvalue weighted by Gasteiger charge is -2.53. The Hall–Kier alpha value is -2.44. The van der Waals surface area contributed by atoms with Crippen LogP contribution in [0, 0.1) is 0 Å². The molecule has 0 bridgehead atoms. The first kappa shape index (κ1) is 19.9. The highest BCUT2D eigenvalue weighted by Gasteiger charge is 2.49. The number of phenols is 1. The van der Waals surface area contributed by atoms with E-state index in [1.165, 1.54) is 23.8 Å². The first-order chi connectivity index (χ1) is 14.0. The van der Waals surface area contributed by atoms with Crippen LogP contribution in [0.3, 0.4) is 0 Å². The van der Waals surface area contributed by atoms with E-state index >= 15 is 0 Å². The second kappa shape index (κ2) is 8.13. The van der Waals surface area contributed by atoms with Crippen LogP contribution < -0.4 is 5.73 Å². The minimum atomic E-state index is -0.585. The zero-order chi connectivity index (χ0) is 20.5. The molecule has 1 aromatic carbocycles. The van der Waals surface area contributed by atoms with Crippen molar-refractivity contribution in [1.82, 2.24) is 14.7 Å². The Kier molecular flexibility index (Phi) is 5.56. The molecule has 0 atom stereocenters. The molecule has 1 saturated heterocycles. The van der Waals surface area contributed by atoms with Gasteiger partial charge < -0.3 is 10.8 Å². The zero-order valence-electron chi connectivity index (χ0n) is 17.2. The number of urea groups is 2. The summed E-state index contributed by atoms with van der Waals surface area (Å²) in [6, 6.07) is 4.62. The molecule has 7 heteroatoms. The third-order valence-electron chi connectivity index (χ3n) is 6.81. The maximum Gasteiger partial charge on any atom is 0.330 e. The summed E-state index contributed by atoms with van der Waals surface area (Å²) in [6.45, 7) is 0. The summed E-state index contributed by atoms with van der Waals surface area (Å²) >= 11 is 0. The lowest BCUT2D eigenvalue weighted by atomic mass is 9.90. The van der Waals surface area contributed by atoms with Crippen molar-refractivity contribution in [3.63, 3.8) is 0 Å². The molecule has 3 N–H and O–H groups in total. The highest BCUT2D eigenvalue weighted by atomic mass is 16.3. The molecule has 29 heavy (non-hydrogen) atoms. The predicted molar refractivity (Wildman–Crippen MR) is 111 cm³/mol. The molecule has 1 aliphatic heterocycles. The fourth-order valence-electron chi connectivity index (χ4n) is 5.28. The summed E-state index contributed by atoms with van der Waals surface area (Å²) in [5.41, 5.74) is 6.91. The molecule has 3 fully saturated rings. The largest absolute Gasteiger partial charge is 0.507 e. The van der Waals surface area contributed by atoms with Gasteiger partial charge in [0.1, 0.15) is 11.9 Å². The van der Waals surface area contributed by atoms with Gasteiger partial charge in [-0.1, -0.05) is 38.5 Å². The summed E-state index contributed by atoms with van der Waals surface area (Å²) < 4.78 is 0. The molecule has 4 amide bonds. The van der Waals surface area contributed by atoms with Gasteiger partial charge in [0.25, 0.3) is 0 Å². The highest BCUT2D eigenvalue weighted by Crippen LogP contribution is 2.43. The van der Waals surface area contributed by atoms with Gasteiger partial charge in [-0.25, -0.2) is 14.5 Å². The number of imide groups is 1. The number of nitrogen functional groups attached to an aromatic ring is 1. The van der Waals surface area contributed by atoms with E-state index in [1.54, 1.807) is 19.2 Å². The fourth-order valence-corrected chi connectivity index (χ4v) is 5.28. The van der Waals surface area contributed by atoms with Crippen LogP contribution in [0.25, 0.3) is 0 Å². The number of amides is 4. The minimum absolute atomic E-state index is 0.0433. The molecule has 2 aliphatic carbocycles. The van der Waals surface area contributed by atoms with Crippen molar-refractivity contribution in [2.75, 3.05) is 12.8 Å². The van der Waals surface area contributed by atoms with E-state index in [0.717, 1.165) is 51.4 Å². The van der Waals surface area contributed by atoms with Gasteiger partial charge >= 0.3 is 12.1 Å². The molecule has 0 radical (unpaired) electrons. The number of carbonyl (C=O) groups excluding carboxylic acids is 2. The van der Waals surface area contributed by atoms with E-state index in [0.29, 0.717) is 11.3 Å². The average molecular weight is 401 g/mol. The number of rotatable bonds is 3. The molecule has 7 nitrogen and oxygen atoms in total. The lowest BCUT2D eigenvalue weighted by molar-refractivity contribution is -0.0203. The summed E-state index contributed by atoms with van der Waals surface area (Å²) in [4.78, 5) is 31.6. The SMILES string of the molecule is CN1C(=O)N(C2CCCCC2)C(c2ccc(N)cc2O)N(C2CCCCC2)C1=O. The van der Waals surface area contributed by atoms with Gasteiger partial charge in [0.05, 0.1) is 0 Å². The van der Waals surface area contributed by atoms with Crippen molar-refractivity contribution in [3.05, 3.63) is 23.8 Å². The topological polar surface area (TPSA) is 90.1 Å². The van der Waals surface area contributed by atoms with E-state index in [9.17, 15) is 14.7 Å². The molecule has 1 heterocycles. The Labute approximate surface area is 172 Å². The van der Waals surface area contributed by atoms with Crippen LogP contribution >= 0.6 is 0 Å². The smallest absolute Gasteiger partial charge is 0.330 e. The molecular weight excluding hydrogens is 368 g/mol. The number of nitrogens with two attached hydrogens (primary N) is 1. The Bertz CT molecular complexity index is 733. The fraction of sp³-hybridized carbons (Fsp3) is 0.636. The Morgan fingerprint density at radius 2 is 1.34 bits per heavy atom.